The summed E-state index contributed by atoms with van der Waals surface area (Å²) >= 11 is 0. The van der Waals surface area contributed by atoms with Crippen molar-refractivity contribution in [3.8, 4) is 5.75 Å². The number of hydrogen-bond acceptors (Lipinski definition) is 3. The zero-order chi connectivity index (χ0) is 12.6. The topological polar surface area (TPSA) is 83.6 Å². The zero-order valence-electron chi connectivity index (χ0n) is 7.82. The van der Waals surface area contributed by atoms with Crippen LogP contribution in [-0.4, -0.2) is 22.4 Å². The number of alkyl halides is 3. The average molecular weight is 235 g/mol. The van der Waals surface area contributed by atoms with Crippen molar-refractivity contribution < 1.29 is 28.2 Å². The second kappa shape index (κ2) is 3.67. The molecule has 0 aliphatic rings. The molecule has 0 saturated carbocycles. The van der Waals surface area contributed by atoms with Crippen molar-refractivity contribution in [2.75, 3.05) is 0 Å². The smallest absolute Gasteiger partial charge is 0.421 e. The van der Waals surface area contributed by atoms with E-state index in [2.05, 4.69) is 0 Å². The number of carboxylic acid groups (broad SMARTS) is 1. The third kappa shape index (κ3) is 1.81. The molecule has 0 aliphatic carbocycles. The van der Waals surface area contributed by atoms with Gasteiger partial charge in [-0.15, -0.1) is 0 Å². The fourth-order valence-electron chi connectivity index (χ4n) is 1.16. The third-order valence-electron chi connectivity index (χ3n) is 2.09. The Hall–Kier alpha value is -1.76. The van der Waals surface area contributed by atoms with Gasteiger partial charge in [-0.25, -0.2) is 4.79 Å². The van der Waals surface area contributed by atoms with Crippen LogP contribution in [0.15, 0.2) is 24.3 Å². The highest BCUT2D eigenvalue weighted by Gasteiger charge is 2.59. The van der Waals surface area contributed by atoms with Crippen LogP contribution in [0.3, 0.4) is 0 Å². The quantitative estimate of drug-likeness (QED) is 0.719. The van der Waals surface area contributed by atoms with Gasteiger partial charge < -0.3 is 15.9 Å². The van der Waals surface area contributed by atoms with E-state index in [-0.39, 0.29) is 0 Å². The van der Waals surface area contributed by atoms with Gasteiger partial charge in [0.1, 0.15) is 5.75 Å². The van der Waals surface area contributed by atoms with Crippen molar-refractivity contribution in [3.05, 3.63) is 29.8 Å². The molecule has 0 bridgehead atoms. The Balaban J connectivity index is 3.39. The molecule has 16 heavy (non-hydrogen) atoms. The van der Waals surface area contributed by atoms with Gasteiger partial charge in [0, 0.05) is 0 Å². The normalized spacial score (nSPS) is 15.5. The summed E-state index contributed by atoms with van der Waals surface area (Å²) in [7, 11) is 0. The fraction of sp³-hybridized carbons (Fsp3) is 0.222. The van der Waals surface area contributed by atoms with Crippen molar-refractivity contribution in [2.45, 2.75) is 11.7 Å². The van der Waals surface area contributed by atoms with Gasteiger partial charge in [-0.05, 0) is 17.7 Å². The number of carbonyl (C=O) groups is 1. The summed E-state index contributed by atoms with van der Waals surface area (Å²) in [4.78, 5) is 10.7. The molecule has 0 aliphatic heterocycles. The van der Waals surface area contributed by atoms with Crippen molar-refractivity contribution in [1.82, 2.24) is 0 Å². The summed E-state index contributed by atoms with van der Waals surface area (Å²) in [6, 6.07) is 3.76. The van der Waals surface area contributed by atoms with Gasteiger partial charge in [-0.3, -0.25) is 0 Å². The highest BCUT2D eigenvalue weighted by Crippen LogP contribution is 2.37. The lowest BCUT2D eigenvalue weighted by Gasteiger charge is -2.27. The molecule has 4 nitrogen and oxygen atoms in total. The molecule has 0 fully saturated rings. The Labute approximate surface area is 88.1 Å². The van der Waals surface area contributed by atoms with Crippen LogP contribution in [0.4, 0.5) is 13.2 Å². The molecule has 0 amide bonds. The minimum atomic E-state index is -5.16. The second-order valence-electron chi connectivity index (χ2n) is 3.16. The van der Waals surface area contributed by atoms with Gasteiger partial charge in [0.2, 0.25) is 5.54 Å². The van der Waals surface area contributed by atoms with Crippen LogP contribution in [0.25, 0.3) is 0 Å². The number of phenols is 1. The molecular weight excluding hydrogens is 227 g/mol. The summed E-state index contributed by atoms with van der Waals surface area (Å²) in [6.45, 7) is 0. The first kappa shape index (κ1) is 12.3. The molecule has 1 aromatic rings. The van der Waals surface area contributed by atoms with E-state index in [1.165, 1.54) is 0 Å². The van der Waals surface area contributed by atoms with Gasteiger partial charge in [-0.1, -0.05) is 12.1 Å². The lowest BCUT2D eigenvalue weighted by atomic mass is 9.90. The fourth-order valence-corrected chi connectivity index (χ4v) is 1.16. The monoisotopic (exact) mass is 235 g/mol. The van der Waals surface area contributed by atoms with Gasteiger partial charge >= 0.3 is 12.1 Å². The number of carboxylic acids is 1. The standard InChI is InChI=1S/C9H8F3NO3/c10-9(11,12)8(13,7(15)16)5-2-1-3-6(14)4-5/h1-4,14H,13H2,(H,15,16). The maximum Gasteiger partial charge on any atom is 0.421 e. The van der Waals surface area contributed by atoms with Gasteiger partial charge in [0.25, 0.3) is 0 Å². The van der Waals surface area contributed by atoms with E-state index < -0.39 is 29.0 Å². The molecule has 0 spiro atoms. The number of phenolic OH excluding ortho intramolecular Hbond substituents is 1. The summed E-state index contributed by atoms with van der Waals surface area (Å²) in [5.41, 5.74) is 0.621. The van der Waals surface area contributed by atoms with Crippen LogP contribution in [0.5, 0.6) is 5.75 Å². The van der Waals surface area contributed by atoms with Crippen molar-refractivity contribution in [2.24, 2.45) is 5.73 Å². The number of nitrogens with two attached hydrogens (primary N) is 1. The van der Waals surface area contributed by atoms with Crippen molar-refractivity contribution in [3.63, 3.8) is 0 Å². The molecule has 0 radical (unpaired) electrons. The SMILES string of the molecule is NC(C(=O)O)(c1cccc(O)c1)C(F)(F)F. The summed E-state index contributed by atoms with van der Waals surface area (Å²) in [5.74, 6) is -2.72. The van der Waals surface area contributed by atoms with E-state index in [9.17, 15) is 18.0 Å². The maximum atomic E-state index is 12.6. The van der Waals surface area contributed by atoms with Crippen LogP contribution < -0.4 is 5.73 Å². The van der Waals surface area contributed by atoms with E-state index >= 15 is 0 Å². The Kier molecular flexibility index (Phi) is 2.83. The molecule has 4 N–H and O–H groups in total. The van der Waals surface area contributed by atoms with E-state index in [0.717, 1.165) is 18.2 Å². The van der Waals surface area contributed by atoms with E-state index in [4.69, 9.17) is 15.9 Å². The Morgan fingerprint density at radius 1 is 1.31 bits per heavy atom. The second-order valence-corrected chi connectivity index (χ2v) is 3.16. The molecule has 0 aromatic heterocycles. The molecule has 1 unspecified atom stereocenters. The summed E-state index contributed by atoms with van der Waals surface area (Å²) in [6.07, 6.45) is -5.16. The van der Waals surface area contributed by atoms with Crippen LogP contribution in [0.1, 0.15) is 5.56 Å². The third-order valence-corrected chi connectivity index (χ3v) is 2.09. The Bertz CT molecular complexity index is 419. The first-order valence-corrected chi connectivity index (χ1v) is 4.08. The molecule has 88 valence electrons. The average Bonchev–Trinajstić information content (AvgIpc) is 2.14. The van der Waals surface area contributed by atoms with Crippen LogP contribution in [0.2, 0.25) is 0 Å². The number of aromatic hydroxyl groups is 1. The highest BCUT2D eigenvalue weighted by atomic mass is 19.4. The molecule has 0 heterocycles. The minimum absolute atomic E-state index is 0.488. The van der Waals surface area contributed by atoms with E-state index in [0.29, 0.717) is 6.07 Å². The Morgan fingerprint density at radius 2 is 1.88 bits per heavy atom. The van der Waals surface area contributed by atoms with Crippen molar-refractivity contribution >= 4 is 5.97 Å². The van der Waals surface area contributed by atoms with Gasteiger partial charge in [0.15, 0.2) is 0 Å². The lowest BCUT2D eigenvalue weighted by molar-refractivity contribution is -0.204. The largest absolute Gasteiger partial charge is 0.508 e. The molecule has 1 atom stereocenters. The number of benzene rings is 1. The van der Waals surface area contributed by atoms with Gasteiger partial charge in [-0.2, -0.15) is 13.2 Å². The first-order chi connectivity index (χ1) is 7.19. The first-order valence-electron chi connectivity index (χ1n) is 4.08. The van der Waals surface area contributed by atoms with Crippen molar-refractivity contribution in [1.29, 1.82) is 0 Å². The summed E-state index contributed by atoms with van der Waals surface area (Å²) in [5, 5.41) is 17.6. The molecule has 1 rings (SSSR count). The molecular formula is C9H8F3NO3. The van der Waals surface area contributed by atoms with Gasteiger partial charge in [0.05, 0.1) is 0 Å². The number of halogens is 3. The maximum absolute atomic E-state index is 12.6. The Morgan fingerprint density at radius 3 is 2.25 bits per heavy atom. The molecule has 0 saturated heterocycles. The molecule has 7 heteroatoms. The predicted molar refractivity (Wildman–Crippen MR) is 47.7 cm³/mol. The van der Waals surface area contributed by atoms with Crippen LogP contribution in [0, 0.1) is 0 Å². The molecule has 1 aromatic carbocycles. The highest BCUT2D eigenvalue weighted by molar-refractivity contribution is 5.81. The zero-order valence-corrected chi connectivity index (χ0v) is 7.82. The minimum Gasteiger partial charge on any atom is -0.508 e. The van der Waals surface area contributed by atoms with E-state index in [1.807, 2.05) is 0 Å². The van der Waals surface area contributed by atoms with E-state index in [1.54, 1.807) is 0 Å². The predicted octanol–water partition coefficient (Wildman–Crippen LogP) is 1.19. The van der Waals surface area contributed by atoms with Crippen LogP contribution >= 0.6 is 0 Å². The lowest BCUT2D eigenvalue weighted by Crippen LogP contribution is -2.56. The number of aliphatic carboxylic acids is 1. The number of rotatable bonds is 2. The number of hydrogen-bond donors (Lipinski definition) is 3. The van der Waals surface area contributed by atoms with Crippen LogP contribution in [-0.2, 0) is 10.3 Å². The summed E-state index contributed by atoms with van der Waals surface area (Å²) < 4.78 is 37.8.